The number of carbonyl (C=O) groups excluding carboxylic acids is 3. The first kappa shape index (κ1) is 20.2. The van der Waals surface area contributed by atoms with Crippen LogP contribution in [0.15, 0.2) is 48.5 Å². The van der Waals surface area contributed by atoms with E-state index in [1.165, 1.54) is 11.8 Å². The molecule has 0 bridgehead atoms. The van der Waals surface area contributed by atoms with E-state index in [1.54, 1.807) is 31.4 Å². The van der Waals surface area contributed by atoms with Crippen molar-refractivity contribution in [1.82, 2.24) is 10.2 Å². The standard InChI is InChI=1S/C21H23N3O5/c1-14(25)23-17-8-6-15(7-9-17)12-24-19(13-29-21(24)27)20(26)22-11-16-4-3-5-18(10-16)28-2/h3-10,19H,11-13H2,1-2H3,(H,22,26)(H,23,25)/t19-/m0/s1. The van der Waals surface area contributed by atoms with E-state index in [4.69, 9.17) is 9.47 Å². The third kappa shape index (κ3) is 5.25. The molecule has 2 aromatic carbocycles. The summed E-state index contributed by atoms with van der Waals surface area (Å²) in [6, 6.07) is 13.8. The van der Waals surface area contributed by atoms with Gasteiger partial charge in [-0.3, -0.25) is 14.5 Å². The predicted molar refractivity (Wildman–Crippen MR) is 106 cm³/mol. The highest BCUT2D eigenvalue weighted by molar-refractivity contribution is 5.89. The Kier molecular flexibility index (Phi) is 6.33. The Labute approximate surface area is 168 Å². The SMILES string of the molecule is COc1cccc(CNC(=O)[C@@H]2COC(=O)N2Cc2ccc(NC(C)=O)cc2)c1. The van der Waals surface area contributed by atoms with E-state index in [9.17, 15) is 14.4 Å². The Bertz CT molecular complexity index is 897. The van der Waals surface area contributed by atoms with Gasteiger partial charge in [0.05, 0.1) is 13.7 Å². The van der Waals surface area contributed by atoms with E-state index in [0.29, 0.717) is 18.0 Å². The summed E-state index contributed by atoms with van der Waals surface area (Å²) in [4.78, 5) is 37.2. The monoisotopic (exact) mass is 397 g/mol. The van der Waals surface area contributed by atoms with Gasteiger partial charge in [0.2, 0.25) is 11.8 Å². The van der Waals surface area contributed by atoms with Crippen LogP contribution < -0.4 is 15.4 Å². The summed E-state index contributed by atoms with van der Waals surface area (Å²) in [5, 5.41) is 5.53. The number of carbonyl (C=O) groups is 3. The van der Waals surface area contributed by atoms with E-state index < -0.39 is 12.1 Å². The highest BCUT2D eigenvalue weighted by Crippen LogP contribution is 2.19. The minimum Gasteiger partial charge on any atom is -0.497 e. The summed E-state index contributed by atoms with van der Waals surface area (Å²) < 4.78 is 10.3. The van der Waals surface area contributed by atoms with Crippen molar-refractivity contribution < 1.29 is 23.9 Å². The smallest absolute Gasteiger partial charge is 0.410 e. The molecule has 1 aliphatic rings. The lowest BCUT2D eigenvalue weighted by atomic mass is 10.1. The van der Waals surface area contributed by atoms with Crippen LogP contribution in [0.5, 0.6) is 5.75 Å². The lowest BCUT2D eigenvalue weighted by Gasteiger charge is -2.21. The second-order valence-corrected chi connectivity index (χ2v) is 6.67. The minimum absolute atomic E-state index is 0.00670. The second-order valence-electron chi connectivity index (χ2n) is 6.67. The molecule has 1 aliphatic heterocycles. The van der Waals surface area contributed by atoms with Crippen LogP contribution >= 0.6 is 0 Å². The molecule has 0 spiro atoms. The molecule has 3 amide bonds. The maximum atomic E-state index is 12.6. The number of benzene rings is 2. The summed E-state index contributed by atoms with van der Waals surface area (Å²) in [6.07, 6.45) is -0.530. The van der Waals surface area contributed by atoms with E-state index >= 15 is 0 Å². The first-order valence-electron chi connectivity index (χ1n) is 9.17. The maximum absolute atomic E-state index is 12.6. The Morgan fingerprint density at radius 1 is 1.17 bits per heavy atom. The van der Waals surface area contributed by atoms with Crippen molar-refractivity contribution in [2.75, 3.05) is 19.0 Å². The molecule has 29 heavy (non-hydrogen) atoms. The van der Waals surface area contributed by atoms with E-state index in [-0.39, 0.29) is 25.0 Å². The van der Waals surface area contributed by atoms with Gasteiger partial charge in [-0.05, 0) is 35.4 Å². The van der Waals surface area contributed by atoms with Gasteiger partial charge in [-0.25, -0.2) is 4.79 Å². The van der Waals surface area contributed by atoms with E-state index in [1.807, 2.05) is 24.3 Å². The van der Waals surface area contributed by atoms with Gasteiger partial charge in [-0.15, -0.1) is 0 Å². The number of anilines is 1. The van der Waals surface area contributed by atoms with Gasteiger partial charge in [0, 0.05) is 19.2 Å². The lowest BCUT2D eigenvalue weighted by Crippen LogP contribution is -2.45. The van der Waals surface area contributed by atoms with E-state index in [2.05, 4.69) is 10.6 Å². The number of nitrogens with zero attached hydrogens (tertiary/aromatic N) is 1. The fourth-order valence-electron chi connectivity index (χ4n) is 3.03. The van der Waals surface area contributed by atoms with Crippen LogP contribution in [0.4, 0.5) is 10.5 Å². The number of cyclic esters (lactones) is 1. The van der Waals surface area contributed by atoms with Gasteiger partial charge in [0.25, 0.3) is 0 Å². The molecule has 0 saturated carbocycles. The number of hydrogen-bond acceptors (Lipinski definition) is 5. The average molecular weight is 397 g/mol. The molecule has 8 nitrogen and oxygen atoms in total. The summed E-state index contributed by atoms with van der Waals surface area (Å²) >= 11 is 0. The third-order valence-electron chi connectivity index (χ3n) is 4.51. The fraction of sp³-hybridized carbons (Fsp3) is 0.286. The van der Waals surface area contributed by atoms with Crippen LogP contribution in [-0.4, -0.2) is 42.6 Å². The molecule has 1 fully saturated rings. The number of rotatable bonds is 7. The number of nitrogens with one attached hydrogen (secondary N) is 2. The molecule has 152 valence electrons. The van der Waals surface area contributed by atoms with Gasteiger partial charge in [0.1, 0.15) is 18.4 Å². The molecule has 1 heterocycles. The molecule has 0 radical (unpaired) electrons. The molecule has 8 heteroatoms. The topological polar surface area (TPSA) is 97.0 Å². The normalized spacial score (nSPS) is 15.6. The van der Waals surface area contributed by atoms with Crippen LogP contribution in [0.2, 0.25) is 0 Å². The molecule has 0 aliphatic carbocycles. The van der Waals surface area contributed by atoms with Crippen molar-refractivity contribution >= 4 is 23.6 Å². The van der Waals surface area contributed by atoms with Crippen molar-refractivity contribution in [2.24, 2.45) is 0 Å². The first-order chi connectivity index (χ1) is 14.0. The number of hydrogen-bond donors (Lipinski definition) is 2. The third-order valence-corrected chi connectivity index (χ3v) is 4.51. The highest BCUT2D eigenvalue weighted by atomic mass is 16.6. The molecule has 2 aromatic rings. The molecular formula is C21H23N3O5. The van der Waals surface area contributed by atoms with E-state index in [0.717, 1.165) is 11.1 Å². The number of amides is 3. The van der Waals surface area contributed by atoms with Crippen LogP contribution in [0, 0.1) is 0 Å². The highest BCUT2D eigenvalue weighted by Gasteiger charge is 2.37. The van der Waals surface area contributed by atoms with Crippen molar-refractivity contribution in [2.45, 2.75) is 26.1 Å². The first-order valence-corrected chi connectivity index (χ1v) is 9.17. The average Bonchev–Trinajstić information content (AvgIpc) is 3.08. The van der Waals surface area contributed by atoms with Crippen LogP contribution in [0.25, 0.3) is 0 Å². The number of methoxy groups -OCH3 is 1. The van der Waals surface area contributed by atoms with Crippen molar-refractivity contribution in [3.8, 4) is 5.75 Å². The summed E-state index contributed by atoms with van der Waals surface area (Å²) in [7, 11) is 1.58. The van der Waals surface area contributed by atoms with Crippen LogP contribution in [-0.2, 0) is 27.4 Å². The van der Waals surface area contributed by atoms with Crippen molar-refractivity contribution in [3.05, 3.63) is 59.7 Å². The largest absolute Gasteiger partial charge is 0.497 e. The Morgan fingerprint density at radius 3 is 2.62 bits per heavy atom. The van der Waals surface area contributed by atoms with Crippen LogP contribution in [0.3, 0.4) is 0 Å². The van der Waals surface area contributed by atoms with Crippen molar-refractivity contribution in [3.63, 3.8) is 0 Å². The van der Waals surface area contributed by atoms with Gasteiger partial charge >= 0.3 is 6.09 Å². The van der Waals surface area contributed by atoms with Gasteiger partial charge in [-0.1, -0.05) is 24.3 Å². The molecule has 1 saturated heterocycles. The summed E-state index contributed by atoms with van der Waals surface area (Å²) in [5.74, 6) is 0.266. The zero-order valence-corrected chi connectivity index (χ0v) is 16.3. The fourth-order valence-corrected chi connectivity index (χ4v) is 3.03. The summed E-state index contributed by atoms with van der Waals surface area (Å²) in [6.45, 7) is 1.99. The summed E-state index contributed by atoms with van der Waals surface area (Å²) in [5.41, 5.74) is 2.38. The van der Waals surface area contributed by atoms with Crippen molar-refractivity contribution in [1.29, 1.82) is 0 Å². The van der Waals surface area contributed by atoms with Gasteiger partial charge < -0.3 is 20.1 Å². The zero-order chi connectivity index (χ0) is 20.8. The molecule has 2 N–H and O–H groups in total. The molecule has 1 atom stereocenters. The van der Waals surface area contributed by atoms with Gasteiger partial charge in [0.15, 0.2) is 0 Å². The zero-order valence-electron chi connectivity index (χ0n) is 16.3. The second kappa shape index (κ2) is 9.09. The van der Waals surface area contributed by atoms with Gasteiger partial charge in [-0.2, -0.15) is 0 Å². The Balaban J connectivity index is 1.61. The minimum atomic E-state index is -0.705. The van der Waals surface area contributed by atoms with Crippen LogP contribution in [0.1, 0.15) is 18.1 Å². The molecule has 0 unspecified atom stereocenters. The Morgan fingerprint density at radius 2 is 1.93 bits per heavy atom. The number of ether oxygens (including phenoxy) is 2. The lowest BCUT2D eigenvalue weighted by molar-refractivity contribution is -0.125. The Hall–Kier alpha value is -3.55. The predicted octanol–water partition coefficient (Wildman–Crippen LogP) is 2.29. The molecule has 3 rings (SSSR count). The molecule has 0 aromatic heterocycles. The molecular weight excluding hydrogens is 374 g/mol. The maximum Gasteiger partial charge on any atom is 0.410 e. The quantitative estimate of drug-likeness (QED) is 0.747.